The van der Waals surface area contributed by atoms with Gasteiger partial charge in [0.1, 0.15) is 0 Å². The van der Waals surface area contributed by atoms with Gasteiger partial charge < -0.3 is 5.11 Å². The van der Waals surface area contributed by atoms with Gasteiger partial charge in [-0.1, -0.05) is 6.58 Å². The van der Waals surface area contributed by atoms with Crippen LogP contribution >= 0.6 is 0 Å². The number of hydrogen-bond donors (Lipinski definition) is 1. The maximum absolute atomic E-state index is 10.9. The van der Waals surface area contributed by atoms with Crippen LogP contribution in [0.15, 0.2) is 17.1 Å². The molecule has 0 aliphatic rings. The predicted molar refractivity (Wildman–Crippen MR) is 38.6 cm³/mol. The van der Waals surface area contributed by atoms with Gasteiger partial charge in [-0.2, -0.15) is 4.99 Å². The highest BCUT2D eigenvalue weighted by Gasteiger charge is 2.29. The van der Waals surface area contributed by atoms with Crippen molar-refractivity contribution in [2.75, 3.05) is 0 Å². The molecule has 0 aromatic rings. The van der Waals surface area contributed by atoms with Crippen LogP contribution in [0, 0.1) is 0 Å². The Bertz CT molecular complexity index is 236. The van der Waals surface area contributed by atoms with Crippen LogP contribution in [0.3, 0.4) is 0 Å². The zero-order valence-corrected chi connectivity index (χ0v) is 6.42. The van der Waals surface area contributed by atoms with Crippen molar-refractivity contribution < 1.29 is 14.7 Å². The molecule has 0 aromatic carbocycles. The monoisotopic (exact) mass is 155 g/mol. The molecule has 0 fully saturated rings. The van der Waals surface area contributed by atoms with Crippen LogP contribution in [-0.4, -0.2) is 22.7 Å². The highest BCUT2D eigenvalue weighted by Crippen LogP contribution is 2.10. The Balaban J connectivity index is 4.69. The molecular formula is C7H9NO3. The molecule has 0 bridgehead atoms. The first-order valence-electron chi connectivity index (χ1n) is 2.93. The van der Waals surface area contributed by atoms with Crippen molar-refractivity contribution in [3.05, 3.63) is 12.2 Å². The molecule has 1 unspecified atom stereocenters. The second-order valence-corrected chi connectivity index (χ2v) is 2.33. The molecule has 60 valence electrons. The summed E-state index contributed by atoms with van der Waals surface area (Å²) in [6.07, 6.45) is 1.11. The van der Waals surface area contributed by atoms with Gasteiger partial charge in [-0.25, -0.2) is 4.79 Å². The zero-order valence-electron chi connectivity index (χ0n) is 6.42. The average Bonchev–Trinajstić information content (AvgIpc) is 1.86. The van der Waals surface area contributed by atoms with Crippen LogP contribution in [0.4, 0.5) is 0 Å². The summed E-state index contributed by atoms with van der Waals surface area (Å²) in [7, 11) is 0. The van der Waals surface area contributed by atoms with Crippen molar-refractivity contribution >= 4 is 11.9 Å². The number of carbonyl (C=O) groups excluding carboxylic acids is 2. The van der Waals surface area contributed by atoms with Crippen LogP contribution in [0.25, 0.3) is 0 Å². The van der Waals surface area contributed by atoms with Gasteiger partial charge in [0.25, 0.3) is 0 Å². The van der Waals surface area contributed by atoms with Crippen LogP contribution in [-0.2, 0) is 9.59 Å². The van der Waals surface area contributed by atoms with Crippen molar-refractivity contribution in [1.29, 1.82) is 0 Å². The quantitative estimate of drug-likeness (QED) is 0.359. The normalized spacial score (nSPS) is 14.5. The van der Waals surface area contributed by atoms with Gasteiger partial charge in [-0.3, -0.25) is 4.79 Å². The molecule has 0 amide bonds. The number of ketones is 1. The largest absolute Gasteiger partial charge is 0.363 e. The lowest BCUT2D eigenvalue weighted by atomic mass is 10.1. The van der Waals surface area contributed by atoms with Gasteiger partial charge in [-0.05, 0) is 19.4 Å². The van der Waals surface area contributed by atoms with Gasteiger partial charge in [0.2, 0.25) is 17.6 Å². The summed E-state index contributed by atoms with van der Waals surface area (Å²) in [6, 6.07) is 0. The second-order valence-electron chi connectivity index (χ2n) is 2.33. The number of hydrogen-bond acceptors (Lipinski definition) is 4. The minimum atomic E-state index is -2.01. The Morgan fingerprint density at radius 2 is 2.18 bits per heavy atom. The van der Waals surface area contributed by atoms with Gasteiger partial charge in [0.15, 0.2) is 0 Å². The maximum atomic E-state index is 10.9. The Morgan fingerprint density at radius 3 is 2.45 bits per heavy atom. The summed E-state index contributed by atoms with van der Waals surface area (Å²) in [5.74, 6) is -0.680. The van der Waals surface area contributed by atoms with Gasteiger partial charge in [0.05, 0.1) is 0 Å². The molecule has 0 rings (SSSR count). The van der Waals surface area contributed by atoms with E-state index in [0.29, 0.717) is 0 Å². The molecule has 11 heavy (non-hydrogen) atoms. The topological polar surface area (TPSA) is 66.7 Å². The molecule has 1 atom stereocenters. The number of nitrogens with zero attached hydrogens (tertiary/aromatic N) is 1. The minimum absolute atomic E-state index is 0.147. The molecule has 0 heterocycles. The van der Waals surface area contributed by atoms with Crippen LogP contribution < -0.4 is 0 Å². The zero-order chi connectivity index (χ0) is 9.07. The summed E-state index contributed by atoms with van der Waals surface area (Å²) in [6.45, 7) is 5.84. The van der Waals surface area contributed by atoms with E-state index in [-0.39, 0.29) is 5.57 Å². The molecular weight excluding hydrogens is 146 g/mol. The molecule has 4 heteroatoms. The van der Waals surface area contributed by atoms with E-state index in [1.807, 2.05) is 0 Å². The third-order valence-corrected chi connectivity index (χ3v) is 1.08. The fourth-order valence-electron chi connectivity index (χ4n) is 0.544. The van der Waals surface area contributed by atoms with Crippen molar-refractivity contribution in [1.82, 2.24) is 0 Å². The molecule has 4 nitrogen and oxygen atoms in total. The maximum Gasteiger partial charge on any atom is 0.238 e. The van der Waals surface area contributed by atoms with Gasteiger partial charge in [0, 0.05) is 0 Å². The first kappa shape index (κ1) is 9.75. The minimum Gasteiger partial charge on any atom is -0.363 e. The van der Waals surface area contributed by atoms with E-state index in [9.17, 15) is 9.59 Å². The van der Waals surface area contributed by atoms with Crippen LogP contribution in [0.2, 0.25) is 0 Å². The van der Waals surface area contributed by atoms with Gasteiger partial charge >= 0.3 is 0 Å². The average molecular weight is 155 g/mol. The van der Waals surface area contributed by atoms with Gasteiger partial charge in [-0.15, -0.1) is 0 Å². The first-order chi connectivity index (χ1) is 4.91. The van der Waals surface area contributed by atoms with E-state index < -0.39 is 11.5 Å². The number of aliphatic imine (C=N–C) groups is 1. The first-order valence-corrected chi connectivity index (χ1v) is 2.93. The smallest absolute Gasteiger partial charge is 0.238 e. The summed E-state index contributed by atoms with van der Waals surface area (Å²) >= 11 is 0. The van der Waals surface area contributed by atoms with E-state index in [1.165, 1.54) is 6.92 Å². The molecule has 0 aliphatic heterocycles. The number of carbonyl (C=O) groups is 1. The molecule has 0 saturated carbocycles. The molecule has 0 saturated heterocycles. The highest BCUT2D eigenvalue weighted by molar-refractivity contribution is 6.00. The van der Waals surface area contributed by atoms with E-state index in [1.54, 1.807) is 0 Å². The van der Waals surface area contributed by atoms with E-state index >= 15 is 0 Å². The fraction of sp³-hybridized carbons (Fsp3) is 0.429. The number of isocyanates is 1. The van der Waals surface area contributed by atoms with Crippen molar-refractivity contribution in [3.63, 3.8) is 0 Å². The molecule has 0 aromatic heterocycles. The summed E-state index contributed by atoms with van der Waals surface area (Å²) in [5, 5.41) is 9.11. The Labute approximate surface area is 64.3 Å². The fourth-order valence-corrected chi connectivity index (χ4v) is 0.544. The predicted octanol–water partition coefficient (Wildman–Crippen LogP) is 0.176. The number of aliphatic hydroxyl groups is 1. The highest BCUT2D eigenvalue weighted by atomic mass is 16.3. The third kappa shape index (κ3) is 2.45. The van der Waals surface area contributed by atoms with Crippen molar-refractivity contribution in [3.8, 4) is 0 Å². The summed E-state index contributed by atoms with van der Waals surface area (Å²) in [4.78, 5) is 23.6. The van der Waals surface area contributed by atoms with E-state index in [0.717, 1.165) is 13.0 Å². The summed E-state index contributed by atoms with van der Waals surface area (Å²) in [5.41, 5.74) is -1.86. The molecule has 1 N–H and O–H groups in total. The third-order valence-electron chi connectivity index (χ3n) is 1.08. The Hall–Kier alpha value is -1.25. The summed E-state index contributed by atoms with van der Waals surface area (Å²) < 4.78 is 0. The lowest BCUT2D eigenvalue weighted by Gasteiger charge is -2.13. The molecule has 0 aliphatic carbocycles. The lowest BCUT2D eigenvalue weighted by molar-refractivity contribution is -0.130. The Morgan fingerprint density at radius 1 is 1.73 bits per heavy atom. The number of Topliss-reactive ketones (excluding diaryl/α,β-unsaturated/α-hetero) is 1. The van der Waals surface area contributed by atoms with E-state index in [2.05, 4.69) is 11.6 Å². The lowest BCUT2D eigenvalue weighted by Crippen LogP contribution is -2.32. The van der Waals surface area contributed by atoms with E-state index in [4.69, 9.17) is 5.11 Å². The molecule has 0 spiro atoms. The number of rotatable bonds is 3. The molecule has 0 radical (unpaired) electrons. The second kappa shape index (κ2) is 3.23. The standard InChI is InChI=1S/C7H9NO3/c1-5(2)6(10)7(3,11)8-4-9/h11H,1H2,2-3H3. The Kier molecular flexibility index (Phi) is 2.87. The van der Waals surface area contributed by atoms with Crippen molar-refractivity contribution in [2.24, 2.45) is 4.99 Å². The van der Waals surface area contributed by atoms with Crippen LogP contribution in [0.5, 0.6) is 0 Å². The SMILES string of the molecule is C=C(C)C(=O)C(C)(O)N=C=O. The van der Waals surface area contributed by atoms with Crippen LogP contribution in [0.1, 0.15) is 13.8 Å². The van der Waals surface area contributed by atoms with Crippen molar-refractivity contribution in [2.45, 2.75) is 19.6 Å².